The number of anilines is 1. The number of fused-ring (bicyclic) bond motifs is 1. The maximum absolute atomic E-state index is 13.6. The Morgan fingerprint density at radius 1 is 0.970 bits per heavy atom. The Kier molecular flexibility index (Phi) is 6.35. The van der Waals surface area contributed by atoms with E-state index in [0.29, 0.717) is 39.0 Å². The van der Waals surface area contributed by atoms with Crippen molar-refractivity contribution in [3.63, 3.8) is 0 Å². The van der Waals surface area contributed by atoms with E-state index in [2.05, 4.69) is 4.98 Å². The summed E-state index contributed by atoms with van der Waals surface area (Å²) in [5.41, 5.74) is 1.97. The van der Waals surface area contributed by atoms with Crippen molar-refractivity contribution in [2.24, 2.45) is 0 Å². The lowest BCUT2D eigenvalue weighted by molar-refractivity contribution is 0.0984. The molecule has 0 N–H and O–H groups in total. The molecule has 0 saturated carbocycles. The van der Waals surface area contributed by atoms with Crippen LogP contribution in [0.5, 0.6) is 11.5 Å². The molecule has 0 aliphatic carbocycles. The first-order valence-electron chi connectivity index (χ1n) is 9.98. The quantitative estimate of drug-likeness (QED) is 0.384. The molecule has 0 unspecified atom stereocenters. The Balaban J connectivity index is 1.79. The summed E-state index contributed by atoms with van der Waals surface area (Å²) in [5.74, 6) is 0.712. The van der Waals surface area contributed by atoms with Gasteiger partial charge >= 0.3 is 0 Å². The van der Waals surface area contributed by atoms with Crippen molar-refractivity contribution in [3.05, 3.63) is 77.9 Å². The van der Waals surface area contributed by atoms with E-state index in [1.165, 1.54) is 37.9 Å². The Morgan fingerprint density at radius 3 is 2.36 bits per heavy atom. The molecule has 4 rings (SSSR count). The molecule has 3 aromatic carbocycles. The highest BCUT2D eigenvalue weighted by Gasteiger charge is 2.23. The predicted molar refractivity (Wildman–Crippen MR) is 129 cm³/mol. The third-order valence-corrected chi connectivity index (χ3v) is 7.22. The summed E-state index contributed by atoms with van der Waals surface area (Å²) in [7, 11) is -0.306. The van der Waals surface area contributed by atoms with Gasteiger partial charge in [0, 0.05) is 11.8 Å². The van der Waals surface area contributed by atoms with Crippen molar-refractivity contribution in [1.29, 1.82) is 0 Å². The zero-order valence-corrected chi connectivity index (χ0v) is 19.9. The van der Waals surface area contributed by atoms with Gasteiger partial charge in [-0.15, -0.1) is 0 Å². The van der Waals surface area contributed by atoms with E-state index in [4.69, 9.17) is 9.47 Å². The molecule has 1 aromatic heterocycles. The summed E-state index contributed by atoms with van der Waals surface area (Å²) in [5, 5.41) is 0.472. The largest absolute Gasteiger partial charge is 0.493 e. The van der Waals surface area contributed by atoms with Crippen LogP contribution in [0.3, 0.4) is 0 Å². The third-order valence-electron chi connectivity index (χ3n) is 5.07. The molecule has 0 spiro atoms. The summed E-state index contributed by atoms with van der Waals surface area (Å²) in [6, 6.07) is 19.4. The van der Waals surface area contributed by atoms with Crippen LogP contribution >= 0.6 is 11.3 Å². The van der Waals surface area contributed by atoms with Gasteiger partial charge in [-0.05, 0) is 42.0 Å². The van der Waals surface area contributed by atoms with E-state index in [1.807, 2.05) is 30.3 Å². The van der Waals surface area contributed by atoms with Crippen LogP contribution in [0, 0.1) is 0 Å². The Labute approximate surface area is 196 Å². The maximum atomic E-state index is 13.6. The lowest BCUT2D eigenvalue weighted by Crippen LogP contribution is -2.30. The Bertz CT molecular complexity index is 1420. The molecule has 0 radical (unpaired) electrons. The zero-order valence-electron chi connectivity index (χ0n) is 18.3. The van der Waals surface area contributed by atoms with Crippen LogP contribution in [0.1, 0.15) is 15.9 Å². The second-order valence-corrected chi connectivity index (χ2v) is 10.4. The molecule has 9 heteroatoms. The van der Waals surface area contributed by atoms with E-state index < -0.39 is 9.84 Å². The number of rotatable bonds is 7. The smallest absolute Gasteiger partial charge is 0.260 e. The molecule has 7 nitrogen and oxygen atoms in total. The van der Waals surface area contributed by atoms with E-state index in [9.17, 15) is 13.2 Å². The average Bonchev–Trinajstić information content (AvgIpc) is 3.25. The van der Waals surface area contributed by atoms with Crippen molar-refractivity contribution in [2.45, 2.75) is 11.4 Å². The highest BCUT2D eigenvalue weighted by Crippen LogP contribution is 2.34. The fraction of sp³-hybridized carbons (Fsp3) is 0.167. The normalized spacial score (nSPS) is 11.4. The molecular weight excluding hydrogens is 460 g/mol. The number of thiazole rings is 1. The summed E-state index contributed by atoms with van der Waals surface area (Å²) in [6.07, 6.45) is 1.17. The molecule has 0 aliphatic rings. The van der Waals surface area contributed by atoms with Gasteiger partial charge in [0.1, 0.15) is 0 Å². The maximum Gasteiger partial charge on any atom is 0.260 e. The standard InChI is InChI=1S/C24H22N2O5S2/c1-30-20-12-9-17(13-21(20)31-2)23(27)26(15-16-7-5-4-6-8-16)24-25-19-11-10-18(33(3,28)29)14-22(19)32-24/h4-14H,15H2,1-3H3. The second-order valence-electron chi connectivity index (χ2n) is 7.34. The van der Waals surface area contributed by atoms with Gasteiger partial charge in [0.05, 0.1) is 35.9 Å². The molecular formula is C24H22N2O5S2. The van der Waals surface area contributed by atoms with Gasteiger partial charge in [0.2, 0.25) is 0 Å². The molecule has 170 valence electrons. The van der Waals surface area contributed by atoms with Gasteiger partial charge in [-0.1, -0.05) is 41.7 Å². The van der Waals surface area contributed by atoms with Crippen molar-refractivity contribution >= 4 is 42.4 Å². The number of benzene rings is 3. The van der Waals surface area contributed by atoms with Gasteiger partial charge < -0.3 is 9.47 Å². The van der Waals surface area contributed by atoms with Crippen molar-refractivity contribution in [2.75, 3.05) is 25.4 Å². The molecule has 4 aromatic rings. The Hall–Kier alpha value is -3.43. The number of nitrogens with zero attached hydrogens (tertiary/aromatic N) is 2. The fourth-order valence-corrected chi connectivity index (χ4v) is 5.08. The lowest BCUT2D eigenvalue weighted by Gasteiger charge is -2.21. The zero-order chi connectivity index (χ0) is 23.6. The predicted octanol–water partition coefficient (Wildman–Crippen LogP) is 4.56. The van der Waals surface area contributed by atoms with Gasteiger partial charge in [-0.3, -0.25) is 9.69 Å². The molecule has 1 heterocycles. The van der Waals surface area contributed by atoms with Crippen LogP contribution in [0.2, 0.25) is 0 Å². The summed E-state index contributed by atoms with van der Waals surface area (Å²) >= 11 is 1.27. The van der Waals surface area contributed by atoms with Crippen molar-refractivity contribution in [1.82, 2.24) is 4.98 Å². The molecule has 0 atom stereocenters. The minimum atomic E-state index is -3.35. The fourth-order valence-electron chi connectivity index (χ4n) is 3.36. The van der Waals surface area contributed by atoms with Crippen molar-refractivity contribution in [3.8, 4) is 11.5 Å². The topological polar surface area (TPSA) is 85.8 Å². The molecule has 1 amide bonds. The minimum Gasteiger partial charge on any atom is -0.493 e. The Morgan fingerprint density at radius 2 is 1.70 bits per heavy atom. The summed E-state index contributed by atoms with van der Waals surface area (Å²) < 4.78 is 35.2. The summed E-state index contributed by atoms with van der Waals surface area (Å²) in [6.45, 7) is 0.298. The van der Waals surface area contributed by atoms with Gasteiger partial charge in [-0.25, -0.2) is 13.4 Å². The number of aromatic nitrogens is 1. The van der Waals surface area contributed by atoms with Gasteiger partial charge in [-0.2, -0.15) is 0 Å². The molecule has 0 aliphatic heterocycles. The molecule has 0 fully saturated rings. The van der Waals surface area contributed by atoms with Crippen LogP contribution in [-0.2, 0) is 16.4 Å². The molecule has 33 heavy (non-hydrogen) atoms. The SMILES string of the molecule is COc1ccc(C(=O)N(Cc2ccccc2)c2nc3ccc(S(C)(=O)=O)cc3s2)cc1OC. The van der Waals surface area contributed by atoms with Crippen LogP contribution < -0.4 is 14.4 Å². The monoisotopic (exact) mass is 482 g/mol. The number of carbonyl (C=O) groups excluding carboxylic acids is 1. The minimum absolute atomic E-state index is 0.214. The highest BCUT2D eigenvalue weighted by atomic mass is 32.2. The number of hydrogen-bond acceptors (Lipinski definition) is 7. The van der Waals surface area contributed by atoms with Crippen LogP contribution in [0.25, 0.3) is 10.2 Å². The molecule has 0 saturated heterocycles. The van der Waals surface area contributed by atoms with E-state index in [-0.39, 0.29) is 10.8 Å². The van der Waals surface area contributed by atoms with Gasteiger partial charge in [0.15, 0.2) is 26.5 Å². The number of ether oxygens (including phenoxy) is 2. The number of methoxy groups -OCH3 is 2. The first-order valence-corrected chi connectivity index (χ1v) is 12.7. The first kappa shape index (κ1) is 22.8. The average molecular weight is 483 g/mol. The second kappa shape index (κ2) is 9.21. The highest BCUT2D eigenvalue weighted by molar-refractivity contribution is 7.90. The van der Waals surface area contributed by atoms with E-state index in [1.54, 1.807) is 35.2 Å². The van der Waals surface area contributed by atoms with Crippen molar-refractivity contribution < 1.29 is 22.7 Å². The number of sulfone groups is 1. The first-order chi connectivity index (χ1) is 15.8. The number of hydrogen-bond donors (Lipinski definition) is 0. The number of carbonyl (C=O) groups is 1. The molecule has 0 bridgehead atoms. The van der Waals surface area contributed by atoms with Crippen LogP contribution in [0.4, 0.5) is 5.13 Å². The van der Waals surface area contributed by atoms with Gasteiger partial charge in [0.25, 0.3) is 5.91 Å². The van der Waals surface area contributed by atoms with E-state index >= 15 is 0 Å². The number of amides is 1. The summed E-state index contributed by atoms with van der Waals surface area (Å²) in [4.78, 5) is 20.0. The van der Waals surface area contributed by atoms with E-state index in [0.717, 1.165) is 5.56 Å². The van der Waals surface area contributed by atoms with Crippen LogP contribution in [-0.4, -0.2) is 39.8 Å². The third kappa shape index (κ3) is 4.84. The lowest BCUT2D eigenvalue weighted by atomic mass is 10.1. The van der Waals surface area contributed by atoms with Crippen LogP contribution in [0.15, 0.2) is 71.6 Å².